The van der Waals surface area contributed by atoms with E-state index < -0.39 is 17.8 Å². The number of nitrogens with zero attached hydrogens (tertiary/aromatic N) is 4. The number of aliphatic hydroxyl groups excluding tert-OH is 1. The van der Waals surface area contributed by atoms with Crippen LogP contribution >= 0.6 is 0 Å². The van der Waals surface area contributed by atoms with E-state index in [1.165, 1.54) is 30.6 Å². The first-order chi connectivity index (χ1) is 13.8. The molecule has 2 N–H and O–H groups in total. The van der Waals surface area contributed by atoms with E-state index in [4.69, 9.17) is 0 Å². The monoisotopic (exact) mass is 407 g/mol. The Hall–Kier alpha value is -3.14. The van der Waals surface area contributed by atoms with E-state index in [9.17, 15) is 23.1 Å². The Morgan fingerprint density at radius 1 is 1.24 bits per heavy atom. The second-order valence-corrected chi connectivity index (χ2v) is 6.45. The lowest BCUT2D eigenvalue weighted by Crippen LogP contribution is -2.56. The van der Waals surface area contributed by atoms with Gasteiger partial charge in [-0.1, -0.05) is 6.58 Å². The predicted molar refractivity (Wildman–Crippen MR) is 102 cm³/mol. The molecule has 1 aromatic carbocycles. The molecule has 0 bridgehead atoms. The maximum Gasteiger partial charge on any atom is 0.416 e. The summed E-state index contributed by atoms with van der Waals surface area (Å²) in [6.45, 7) is 4.40. The summed E-state index contributed by atoms with van der Waals surface area (Å²) in [5, 5.41) is 12.7. The maximum atomic E-state index is 12.7. The number of amides is 1. The average molecular weight is 407 g/mol. The molecule has 154 valence electrons. The Balaban J connectivity index is 1.79. The number of rotatable bonds is 5. The second kappa shape index (κ2) is 8.48. The van der Waals surface area contributed by atoms with Crippen LogP contribution in [0.25, 0.3) is 0 Å². The van der Waals surface area contributed by atoms with Crippen molar-refractivity contribution in [3.8, 4) is 0 Å². The minimum absolute atomic E-state index is 0.224. The lowest BCUT2D eigenvalue weighted by Gasteiger charge is -2.41. The minimum atomic E-state index is -4.40. The summed E-state index contributed by atoms with van der Waals surface area (Å²) >= 11 is 0. The molecule has 7 nitrogen and oxygen atoms in total. The van der Waals surface area contributed by atoms with Gasteiger partial charge in [-0.05, 0) is 30.3 Å². The first-order valence-electron chi connectivity index (χ1n) is 8.87. The first-order valence-corrected chi connectivity index (χ1v) is 8.87. The number of halogens is 3. The van der Waals surface area contributed by atoms with Crippen LogP contribution in [0.1, 0.15) is 5.56 Å². The van der Waals surface area contributed by atoms with Crippen LogP contribution in [-0.4, -0.2) is 58.2 Å². The Kier molecular flexibility index (Phi) is 6.02. The van der Waals surface area contributed by atoms with Crippen LogP contribution in [0.4, 0.5) is 30.5 Å². The van der Waals surface area contributed by atoms with Crippen LogP contribution in [0.5, 0.6) is 0 Å². The predicted octanol–water partition coefficient (Wildman–Crippen LogP) is 2.43. The molecule has 10 heteroatoms. The zero-order chi connectivity index (χ0) is 21.0. The number of piperazine rings is 1. The van der Waals surface area contributed by atoms with Crippen molar-refractivity contribution in [1.29, 1.82) is 0 Å². The van der Waals surface area contributed by atoms with Gasteiger partial charge in [-0.15, -0.1) is 0 Å². The van der Waals surface area contributed by atoms with Gasteiger partial charge in [-0.3, -0.25) is 4.79 Å². The largest absolute Gasteiger partial charge is 0.416 e. The van der Waals surface area contributed by atoms with Crippen LogP contribution in [0.3, 0.4) is 0 Å². The number of hydrogen-bond acceptors (Lipinski definition) is 6. The summed E-state index contributed by atoms with van der Waals surface area (Å²) in [4.78, 5) is 23.9. The minimum Gasteiger partial charge on any atom is -0.394 e. The molecule has 1 aliphatic rings. The van der Waals surface area contributed by atoms with Crippen LogP contribution in [-0.2, 0) is 11.0 Å². The number of aliphatic hydroxyl groups is 1. The number of anilines is 3. The maximum absolute atomic E-state index is 12.7. The van der Waals surface area contributed by atoms with E-state index in [1.807, 2.05) is 4.90 Å². The molecule has 0 unspecified atom stereocenters. The van der Waals surface area contributed by atoms with Crippen molar-refractivity contribution in [2.45, 2.75) is 12.2 Å². The van der Waals surface area contributed by atoms with Crippen molar-refractivity contribution in [3.63, 3.8) is 0 Å². The molecule has 1 atom stereocenters. The number of hydrogen-bond donors (Lipinski definition) is 2. The fourth-order valence-electron chi connectivity index (χ4n) is 3.14. The molecule has 0 saturated carbocycles. The van der Waals surface area contributed by atoms with Crippen molar-refractivity contribution in [3.05, 3.63) is 54.9 Å². The van der Waals surface area contributed by atoms with Crippen LogP contribution in [0, 0.1) is 0 Å². The van der Waals surface area contributed by atoms with Crippen LogP contribution < -0.4 is 10.2 Å². The highest BCUT2D eigenvalue weighted by molar-refractivity contribution is 5.87. The standard InChI is InChI=1S/C19H20F3N5O2/c1-2-16(29)27-10-9-26(11-15(27)12-28)18-17(23-7-8-24-18)25-14-5-3-13(4-6-14)19(20,21)22/h2-8,15,28H,1,9-12H2,(H,23,25)/t15-/m0/s1. The van der Waals surface area contributed by atoms with Gasteiger partial charge in [0.1, 0.15) is 0 Å². The van der Waals surface area contributed by atoms with Gasteiger partial charge in [-0.25, -0.2) is 9.97 Å². The number of carbonyl (C=O) groups is 1. The third kappa shape index (κ3) is 4.65. The van der Waals surface area contributed by atoms with Gasteiger partial charge in [-0.2, -0.15) is 13.2 Å². The van der Waals surface area contributed by atoms with Gasteiger partial charge in [0, 0.05) is 37.7 Å². The van der Waals surface area contributed by atoms with Gasteiger partial charge >= 0.3 is 6.18 Å². The summed E-state index contributed by atoms with van der Waals surface area (Å²) in [5.41, 5.74) is -0.310. The van der Waals surface area contributed by atoms with Gasteiger partial charge in [0.2, 0.25) is 5.91 Å². The SMILES string of the molecule is C=CC(=O)N1CCN(c2nccnc2Nc2ccc(C(F)(F)F)cc2)C[C@H]1CO. The number of carbonyl (C=O) groups excluding carboxylic acids is 1. The topological polar surface area (TPSA) is 81.6 Å². The smallest absolute Gasteiger partial charge is 0.394 e. The third-order valence-corrected chi connectivity index (χ3v) is 4.60. The Morgan fingerprint density at radius 3 is 2.55 bits per heavy atom. The van der Waals surface area contributed by atoms with Crippen LogP contribution in [0.15, 0.2) is 49.3 Å². The molecule has 2 heterocycles. The fraction of sp³-hybridized carbons (Fsp3) is 0.316. The summed E-state index contributed by atoms with van der Waals surface area (Å²) in [7, 11) is 0. The summed E-state index contributed by atoms with van der Waals surface area (Å²) < 4.78 is 38.2. The zero-order valence-electron chi connectivity index (χ0n) is 15.4. The number of benzene rings is 1. The molecule has 1 aromatic heterocycles. The van der Waals surface area contributed by atoms with Crippen molar-refractivity contribution < 1.29 is 23.1 Å². The van der Waals surface area contributed by atoms with Crippen molar-refractivity contribution >= 4 is 23.2 Å². The van der Waals surface area contributed by atoms with Crippen molar-refractivity contribution in [2.75, 3.05) is 36.5 Å². The number of nitrogens with one attached hydrogen (secondary N) is 1. The Labute approximate surface area is 165 Å². The summed E-state index contributed by atoms with van der Waals surface area (Å²) in [5.74, 6) is 0.593. The Morgan fingerprint density at radius 2 is 1.93 bits per heavy atom. The van der Waals surface area contributed by atoms with Crippen LogP contribution in [0.2, 0.25) is 0 Å². The highest BCUT2D eigenvalue weighted by Gasteiger charge is 2.31. The molecule has 1 saturated heterocycles. The second-order valence-electron chi connectivity index (χ2n) is 6.45. The molecule has 0 radical (unpaired) electrons. The molecule has 1 aliphatic heterocycles. The lowest BCUT2D eigenvalue weighted by atomic mass is 10.1. The Bertz CT molecular complexity index is 873. The molecule has 0 spiro atoms. The molecule has 1 fully saturated rings. The highest BCUT2D eigenvalue weighted by atomic mass is 19.4. The fourth-order valence-corrected chi connectivity index (χ4v) is 3.14. The molecular formula is C19H20F3N5O2. The van der Waals surface area contributed by atoms with Gasteiger partial charge < -0.3 is 20.2 Å². The summed E-state index contributed by atoms with van der Waals surface area (Å²) in [6.07, 6.45) is -0.226. The number of alkyl halides is 3. The molecule has 2 aromatic rings. The van der Waals surface area contributed by atoms with Gasteiger partial charge in [0.25, 0.3) is 0 Å². The quantitative estimate of drug-likeness (QED) is 0.741. The van der Waals surface area contributed by atoms with Gasteiger partial charge in [0.05, 0.1) is 18.2 Å². The molecule has 3 rings (SSSR count). The summed E-state index contributed by atoms with van der Waals surface area (Å²) in [6, 6.07) is 4.17. The molecule has 1 amide bonds. The third-order valence-electron chi connectivity index (χ3n) is 4.60. The average Bonchev–Trinajstić information content (AvgIpc) is 2.73. The van der Waals surface area contributed by atoms with E-state index in [0.717, 1.165) is 12.1 Å². The first kappa shape index (κ1) is 20.6. The van der Waals surface area contributed by atoms with E-state index in [0.29, 0.717) is 37.0 Å². The van der Waals surface area contributed by atoms with E-state index in [2.05, 4.69) is 21.9 Å². The molecular weight excluding hydrogens is 387 g/mol. The highest BCUT2D eigenvalue weighted by Crippen LogP contribution is 2.31. The van der Waals surface area contributed by atoms with Crippen molar-refractivity contribution in [1.82, 2.24) is 14.9 Å². The lowest BCUT2D eigenvalue weighted by molar-refractivity contribution is -0.137. The normalized spacial score (nSPS) is 17.2. The number of aromatic nitrogens is 2. The zero-order valence-corrected chi connectivity index (χ0v) is 15.4. The van der Waals surface area contributed by atoms with Crippen molar-refractivity contribution in [2.24, 2.45) is 0 Å². The van der Waals surface area contributed by atoms with E-state index in [1.54, 1.807) is 4.90 Å². The molecule has 29 heavy (non-hydrogen) atoms. The van der Waals surface area contributed by atoms with E-state index in [-0.39, 0.29) is 12.5 Å². The van der Waals surface area contributed by atoms with E-state index >= 15 is 0 Å². The molecule has 0 aliphatic carbocycles. The van der Waals surface area contributed by atoms with Gasteiger partial charge in [0.15, 0.2) is 11.6 Å².